The lowest BCUT2D eigenvalue weighted by Crippen LogP contribution is -2.35. The topological polar surface area (TPSA) is 93.0 Å². The van der Waals surface area contributed by atoms with Gasteiger partial charge < -0.3 is 14.8 Å². The third-order valence-electron chi connectivity index (χ3n) is 5.92. The number of aryl methyl sites for hydroxylation is 2. The highest BCUT2D eigenvalue weighted by Crippen LogP contribution is 2.25. The van der Waals surface area contributed by atoms with Crippen molar-refractivity contribution in [1.82, 2.24) is 25.1 Å². The number of nitrogens with zero attached hydrogens (tertiary/aromatic N) is 5. The fourth-order valence-corrected chi connectivity index (χ4v) is 4.88. The lowest BCUT2D eigenvalue weighted by Gasteiger charge is -2.18. The molecule has 8 nitrogen and oxygen atoms in total. The first-order valence-electron chi connectivity index (χ1n) is 10.6. The van der Waals surface area contributed by atoms with Crippen molar-refractivity contribution in [1.29, 1.82) is 0 Å². The summed E-state index contributed by atoms with van der Waals surface area (Å²) in [5, 5.41) is 14.9. The van der Waals surface area contributed by atoms with Gasteiger partial charge in [-0.15, -0.1) is 21.5 Å². The highest BCUT2D eigenvalue weighted by atomic mass is 32.1. The number of nitrogens with one attached hydrogen (secondary N) is 1. The van der Waals surface area contributed by atoms with E-state index in [4.69, 9.17) is 0 Å². The fourth-order valence-electron chi connectivity index (χ4n) is 4.29. The predicted molar refractivity (Wildman–Crippen MR) is 118 cm³/mol. The van der Waals surface area contributed by atoms with Crippen molar-refractivity contribution in [2.75, 3.05) is 11.4 Å². The number of amides is 2. The summed E-state index contributed by atoms with van der Waals surface area (Å²) >= 11 is 1.60. The first kappa shape index (κ1) is 19.9. The van der Waals surface area contributed by atoms with Crippen LogP contribution in [0.5, 0.6) is 0 Å². The molecule has 160 valence electrons. The summed E-state index contributed by atoms with van der Waals surface area (Å²) in [5.41, 5.74) is 2.24. The molecule has 1 saturated heterocycles. The number of thiazole rings is 1. The lowest BCUT2D eigenvalue weighted by molar-refractivity contribution is -0.117. The van der Waals surface area contributed by atoms with Crippen LogP contribution in [0.2, 0.25) is 0 Å². The molecule has 2 aliphatic heterocycles. The quantitative estimate of drug-likeness (QED) is 0.679. The van der Waals surface area contributed by atoms with Gasteiger partial charge in [-0.2, -0.15) is 0 Å². The SMILES string of the molecule is Cc1nc(-c2nnc3n2CCC(NC(=O)c2cccc(N4CCCC4=O)c2)CC3)cs1. The Morgan fingerprint density at radius 1 is 1.19 bits per heavy atom. The van der Waals surface area contributed by atoms with Gasteiger partial charge in [-0.25, -0.2) is 4.98 Å². The van der Waals surface area contributed by atoms with E-state index in [1.54, 1.807) is 22.3 Å². The highest BCUT2D eigenvalue weighted by Gasteiger charge is 2.25. The molecule has 0 radical (unpaired) electrons. The van der Waals surface area contributed by atoms with Gasteiger partial charge in [-0.3, -0.25) is 9.59 Å². The lowest BCUT2D eigenvalue weighted by atomic mass is 10.1. The number of anilines is 1. The molecule has 0 aliphatic carbocycles. The van der Waals surface area contributed by atoms with E-state index in [0.29, 0.717) is 18.5 Å². The van der Waals surface area contributed by atoms with Gasteiger partial charge >= 0.3 is 0 Å². The molecule has 2 amide bonds. The number of hydrogen-bond acceptors (Lipinski definition) is 6. The van der Waals surface area contributed by atoms with E-state index >= 15 is 0 Å². The zero-order chi connectivity index (χ0) is 21.4. The summed E-state index contributed by atoms with van der Waals surface area (Å²) in [5.74, 6) is 1.75. The van der Waals surface area contributed by atoms with Crippen LogP contribution in [0, 0.1) is 6.92 Å². The van der Waals surface area contributed by atoms with E-state index in [9.17, 15) is 9.59 Å². The number of rotatable bonds is 4. The van der Waals surface area contributed by atoms with Crippen LogP contribution in [-0.2, 0) is 17.8 Å². The Morgan fingerprint density at radius 3 is 2.87 bits per heavy atom. The van der Waals surface area contributed by atoms with Gasteiger partial charge in [0.15, 0.2) is 5.82 Å². The van der Waals surface area contributed by atoms with Crippen LogP contribution in [0.1, 0.15) is 46.9 Å². The molecule has 5 rings (SSSR count). The van der Waals surface area contributed by atoms with E-state index in [1.165, 1.54) is 0 Å². The van der Waals surface area contributed by atoms with Crippen molar-refractivity contribution >= 4 is 28.8 Å². The van der Waals surface area contributed by atoms with Gasteiger partial charge in [-0.05, 0) is 44.4 Å². The number of aromatic nitrogens is 4. The Kier molecular flexibility index (Phi) is 5.27. The highest BCUT2D eigenvalue weighted by molar-refractivity contribution is 7.09. The second-order valence-electron chi connectivity index (χ2n) is 8.04. The van der Waals surface area contributed by atoms with E-state index in [0.717, 1.165) is 60.3 Å². The largest absolute Gasteiger partial charge is 0.349 e. The summed E-state index contributed by atoms with van der Waals surface area (Å²) in [4.78, 5) is 31.3. The second-order valence-corrected chi connectivity index (χ2v) is 9.10. The van der Waals surface area contributed by atoms with Crippen LogP contribution in [0.15, 0.2) is 29.6 Å². The van der Waals surface area contributed by atoms with Gasteiger partial charge in [0, 0.05) is 48.6 Å². The number of carbonyl (C=O) groups excluding carboxylic acids is 2. The van der Waals surface area contributed by atoms with Crippen LogP contribution >= 0.6 is 11.3 Å². The van der Waals surface area contributed by atoms with Gasteiger partial charge in [0.05, 0.1) is 5.01 Å². The average molecular weight is 437 g/mol. The Bertz CT molecular complexity index is 1140. The van der Waals surface area contributed by atoms with Gasteiger partial charge in [-0.1, -0.05) is 6.07 Å². The summed E-state index contributed by atoms with van der Waals surface area (Å²) in [6.45, 7) is 3.43. The van der Waals surface area contributed by atoms with E-state index in [-0.39, 0.29) is 17.9 Å². The van der Waals surface area contributed by atoms with Crippen LogP contribution in [0.4, 0.5) is 5.69 Å². The maximum Gasteiger partial charge on any atom is 0.251 e. The molecule has 1 aromatic carbocycles. The Hall–Kier alpha value is -3.07. The molecule has 4 heterocycles. The summed E-state index contributed by atoms with van der Waals surface area (Å²) in [7, 11) is 0. The molecular weight excluding hydrogens is 412 g/mol. The molecule has 0 bridgehead atoms. The Balaban J connectivity index is 1.27. The normalized spacial score (nSPS) is 18.7. The standard InChI is InChI=1S/C22H24N6O2S/c1-14-23-18(13-31-14)21-26-25-19-8-7-16(9-11-28(19)21)24-22(30)15-4-2-5-17(12-15)27-10-3-6-20(27)29/h2,4-5,12-13,16H,3,6-11H2,1H3,(H,24,30). The maximum absolute atomic E-state index is 12.9. The van der Waals surface area contributed by atoms with Crippen molar-refractivity contribution in [2.45, 2.75) is 51.6 Å². The zero-order valence-corrected chi connectivity index (χ0v) is 18.2. The fraction of sp³-hybridized carbons (Fsp3) is 0.409. The molecule has 3 aromatic rings. The third kappa shape index (κ3) is 3.97. The van der Waals surface area contributed by atoms with Crippen LogP contribution < -0.4 is 10.2 Å². The average Bonchev–Trinajstić information content (AvgIpc) is 3.47. The molecule has 1 unspecified atom stereocenters. The molecule has 0 spiro atoms. The van der Waals surface area contributed by atoms with Crippen LogP contribution in [0.3, 0.4) is 0 Å². The molecule has 1 atom stereocenters. The monoisotopic (exact) mass is 436 g/mol. The van der Waals surface area contributed by atoms with Crippen LogP contribution in [-0.4, -0.2) is 44.1 Å². The molecule has 1 fully saturated rings. The van der Waals surface area contributed by atoms with E-state index < -0.39 is 0 Å². The number of benzene rings is 1. The first-order valence-corrected chi connectivity index (χ1v) is 11.5. The minimum atomic E-state index is -0.105. The maximum atomic E-state index is 12.9. The van der Waals surface area contributed by atoms with Crippen molar-refractivity contribution in [2.24, 2.45) is 0 Å². The predicted octanol–water partition coefficient (Wildman–Crippen LogP) is 2.97. The number of carbonyl (C=O) groups is 2. The Morgan fingerprint density at radius 2 is 2.10 bits per heavy atom. The first-order chi connectivity index (χ1) is 15.1. The number of fused-ring (bicyclic) bond motifs is 1. The van der Waals surface area contributed by atoms with Gasteiger partial charge in [0.25, 0.3) is 5.91 Å². The molecule has 31 heavy (non-hydrogen) atoms. The van der Waals surface area contributed by atoms with Gasteiger partial charge in [0.2, 0.25) is 5.91 Å². The van der Waals surface area contributed by atoms with Crippen molar-refractivity contribution < 1.29 is 9.59 Å². The molecule has 1 N–H and O–H groups in total. The molecule has 9 heteroatoms. The van der Waals surface area contributed by atoms with Crippen molar-refractivity contribution in [3.63, 3.8) is 0 Å². The summed E-state index contributed by atoms with van der Waals surface area (Å²) < 4.78 is 2.13. The zero-order valence-electron chi connectivity index (χ0n) is 17.4. The summed E-state index contributed by atoms with van der Waals surface area (Å²) in [6.07, 6.45) is 3.80. The third-order valence-corrected chi connectivity index (χ3v) is 6.70. The minimum absolute atomic E-state index is 0.0521. The molecular formula is C22H24N6O2S. The molecule has 0 saturated carbocycles. The summed E-state index contributed by atoms with van der Waals surface area (Å²) in [6, 6.07) is 7.39. The molecule has 2 aliphatic rings. The van der Waals surface area contributed by atoms with Crippen molar-refractivity contribution in [3.05, 3.63) is 46.0 Å². The van der Waals surface area contributed by atoms with Crippen LogP contribution in [0.25, 0.3) is 11.5 Å². The van der Waals surface area contributed by atoms with E-state index in [2.05, 4.69) is 25.1 Å². The van der Waals surface area contributed by atoms with E-state index in [1.807, 2.05) is 30.5 Å². The smallest absolute Gasteiger partial charge is 0.251 e. The molecule has 2 aromatic heterocycles. The Labute approximate surface area is 184 Å². The second kappa shape index (κ2) is 8.22. The van der Waals surface area contributed by atoms with Gasteiger partial charge in [0.1, 0.15) is 11.5 Å². The van der Waals surface area contributed by atoms with Crippen molar-refractivity contribution in [3.8, 4) is 11.5 Å². The minimum Gasteiger partial charge on any atom is -0.349 e. The number of hydrogen-bond donors (Lipinski definition) is 1.